The minimum atomic E-state index is -0.751. The van der Waals surface area contributed by atoms with E-state index in [1.807, 2.05) is 6.92 Å². The number of hydrogen-bond donors (Lipinski definition) is 1. The van der Waals surface area contributed by atoms with Crippen molar-refractivity contribution in [2.24, 2.45) is 5.41 Å². The van der Waals surface area contributed by atoms with Crippen molar-refractivity contribution in [1.82, 2.24) is 9.88 Å². The number of carbonyl (C=O) groups is 2. The SMILES string of the molecule is CCC1(C(=O)O)CCN(C(=O)c2ccnc(Br)c2)CC1. The van der Waals surface area contributed by atoms with Crippen LogP contribution in [0.3, 0.4) is 0 Å². The molecule has 0 unspecified atom stereocenters. The van der Waals surface area contributed by atoms with Crippen LogP contribution in [-0.2, 0) is 4.79 Å². The number of aromatic nitrogens is 1. The van der Waals surface area contributed by atoms with Gasteiger partial charge in [0.1, 0.15) is 4.60 Å². The normalized spacial score (nSPS) is 17.8. The lowest BCUT2D eigenvalue weighted by Crippen LogP contribution is -2.46. The van der Waals surface area contributed by atoms with Gasteiger partial charge in [-0.2, -0.15) is 0 Å². The van der Waals surface area contributed by atoms with Crippen LogP contribution in [0.1, 0.15) is 36.5 Å². The van der Waals surface area contributed by atoms with E-state index in [9.17, 15) is 14.7 Å². The Kier molecular flexibility index (Phi) is 4.42. The zero-order chi connectivity index (χ0) is 14.8. The molecule has 1 aliphatic heterocycles. The van der Waals surface area contributed by atoms with Crippen LogP contribution in [0.4, 0.5) is 0 Å². The van der Waals surface area contributed by atoms with Crippen LogP contribution >= 0.6 is 15.9 Å². The number of carbonyl (C=O) groups excluding carboxylic acids is 1. The molecule has 2 rings (SSSR count). The van der Waals surface area contributed by atoms with Gasteiger partial charge in [-0.25, -0.2) is 4.98 Å². The Labute approximate surface area is 126 Å². The molecular formula is C14H17BrN2O3. The number of carboxylic acids is 1. The first-order valence-corrected chi connectivity index (χ1v) is 7.42. The van der Waals surface area contributed by atoms with Crippen LogP contribution in [-0.4, -0.2) is 40.0 Å². The highest BCUT2D eigenvalue weighted by Crippen LogP contribution is 2.35. The van der Waals surface area contributed by atoms with Crippen LogP contribution in [0.15, 0.2) is 22.9 Å². The molecule has 20 heavy (non-hydrogen) atoms. The van der Waals surface area contributed by atoms with Gasteiger partial charge in [-0.15, -0.1) is 0 Å². The van der Waals surface area contributed by atoms with E-state index >= 15 is 0 Å². The molecule has 1 aromatic heterocycles. The summed E-state index contributed by atoms with van der Waals surface area (Å²) in [5.74, 6) is -0.818. The van der Waals surface area contributed by atoms with Gasteiger partial charge in [0.2, 0.25) is 0 Å². The summed E-state index contributed by atoms with van der Waals surface area (Å²) in [6.45, 7) is 2.86. The molecule has 0 saturated carbocycles. The quantitative estimate of drug-likeness (QED) is 0.858. The van der Waals surface area contributed by atoms with Crippen molar-refractivity contribution in [2.45, 2.75) is 26.2 Å². The summed E-state index contributed by atoms with van der Waals surface area (Å²) in [4.78, 5) is 29.4. The number of halogens is 1. The lowest BCUT2D eigenvalue weighted by atomic mass is 9.76. The molecule has 1 aliphatic rings. The largest absolute Gasteiger partial charge is 0.481 e. The molecule has 1 N–H and O–H groups in total. The van der Waals surface area contributed by atoms with E-state index in [4.69, 9.17) is 0 Å². The van der Waals surface area contributed by atoms with Crippen LogP contribution in [0.5, 0.6) is 0 Å². The summed E-state index contributed by atoms with van der Waals surface area (Å²) in [5.41, 5.74) is -0.0958. The van der Waals surface area contributed by atoms with Gasteiger partial charge < -0.3 is 10.0 Å². The van der Waals surface area contributed by atoms with Gasteiger partial charge in [-0.1, -0.05) is 6.92 Å². The maximum Gasteiger partial charge on any atom is 0.309 e. The second-order valence-electron chi connectivity index (χ2n) is 5.10. The maximum atomic E-state index is 12.4. The van der Waals surface area contributed by atoms with Crippen LogP contribution in [0.25, 0.3) is 0 Å². The van der Waals surface area contributed by atoms with E-state index in [0.717, 1.165) is 0 Å². The predicted molar refractivity (Wildman–Crippen MR) is 77.4 cm³/mol. The summed E-state index contributed by atoms with van der Waals surface area (Å²) in [6, 6.07) is 3.35. The molecule has 1 aromatic rings. The fraction of sp³-hybridized carbons (Fsp3) is 0.500. The Hall–Kier alpha value is -1.43. The number of hydrogen-bond acceptors (Lipinski definition) is 3. The third kappa shape index (κ3) is 2.85. The average Bonchev–Trinajstić information content (AvgIpc) is 2.46. The van der Waals surface area contributed by atoms with Gasteiger partial charge in [0.05, 0.1) is 5.41 Å². The first-order valence-electron chi connectivity index (χ1n) is 6.63. The van der Waals surface area contributed by atoms with E-state index < -0.39 is 11.4 Å². The molecule has 0 aromatic carbocycles. The second-order valence-corrected chi connectivity index (χ2v) is 5.91. The number of pyridine rings is 1. The standard InChI is InChI=1S/C14H17BrN2O3/c1-2-14(13(19)20)4-7-17(8-5-14)12(18)10-3-6-16-11(15)9-10/h3,6,9H,2,4-5,7-8H2,1H3,(H,19,20). The number of rotatable bonds is 3. The van der Waals surface area contributed by atoms with E-state index in [1.54, 1.807) is 23.2 Å². The molecule has 2 heterocycles. The highest BCUT2D eigenvalue weighted by molar-refractivity contribution is 9.10. The Morgan fingerprint density at radius 3 is 2.60 bits per heavy atom. The number of amides is 1. The van der Waals surface area contributed by atoms with Crippen LogP contribution in [0, 0.1) is 5.41 Å². The monoisotopic (exact) mass is 340 g/mol. The summed E-state index contributed by atoms with van der Waals surface area (Å²) in [6.07, 6.45) is 3.20. The molecule has 108 valence electrons. The van der Waals surface area contributed by atoms with Crippen LogP contribution in [0.2, 0.25) is 0 Å². The zero-order valence-corrected chi connectivity index (χ0v) is 12.9. The molecule has 6 heteroatoms. The zero-order valence-electron chi connectivity index (χ0n) is 11.3. The summed E-state index contributed by atoms with van der Waals surface area (Å²) < 4.78 is 0.619. The third-order valence-electron chi connectivity index (χ3n) is 4.11. The van der Waals surface area contributed by atoms with Crippen molar-refractivity contribution in [1.29, 1.82) is 0 Å². The second kappa shape index (κ2) is 5.91. The van der Waals surface area contributed by atoms with Crippen molar-refractivity contribution in [2.75, 3.05) is 13.1 Å². The third-order valence-corrected chi connectivity index (χ3v) is 4.55. The Morgan fingerprint density at radius 1 is 1.45 bits per heavy atom. The predicted octanol–water partition coefficient (Wildman–Crippen LogP) is 2.56. The van der Waals surface area contributed by atoms with E-state index in [2.05, 4.69) is 20.9 Å². The molecule has 0 spiro atoms. The number of carboxylic acid groups (broad SMARTS) is 1. The number of piperidine rings is 1. The van der Waals surface area contributed by atoms with E-state index in [1.165, 1.54) is 0 Å². The fourth-order valence-corrected chi connectivity index (χ4v) is 2.94. The minimum absolute atomic E-state index is 0.0665. The minimum Gasteiger partial charge on any atom is -0.481 e. The smallest absolute Gasteiger partial charge is 0.309 e. The summed E-state index contributed by atoms with van der Waals surface area (Å²) >= 11 is 3.24. The average molecular weight is 341 g/mol. The fourth-order valence-electron chi connectivity index (χ4n) is 2.57. The van der Waals surface area contributed by atoms with Gasteiger partial charge in [-0.05, 0) is 47.3 Å². The summed E-state index contributed by atoms with van der Waals surface area (Å²) in [7, 11) is 0. The lowest BCUT2D eigenvalue weighted by Gasteiger charge is -2.38. The first-order chi connectivity index (χ1) is 9.48. The van der Waals surface area contributed by atoms with Gasteiger partial charge in [0.15, 0.2) is 0 Å². The number of nitrogens with zero attached hydrogens (tertiary/aromatic N) is 2. The number of likely N-dealkylation sites (tertiary alicyclic amines) is 1. The highest BCUT2D eigenvalue weighted by Gasteiger charge is 2.40. The van der Waals surface area contributed by atoms with Gasteiger partial charge in [0.25, 0.3) is 5.91 Å². The van der Waals surface area contributed by atoms with Crippen LogP contribution < -0.4 is 0 Å². The lowest BCUT2D eigenvalue weighted by molar-refractivity contribution is -0.152. The van der Waals surface area contributed by atoms with Crippen molar-refractivity contribution in [3.05, 3.63) is 28.5 Å². The summed E-state index contributed by atoms with van der Waals surface area (Å²) in [5, 5.41) is 9.35. The van der Waals surface area contributed by atoms with Gasteiger partial charge in [0, 0.05) is 24.8 Å². The topological polar surface area (TPSA) is 70.5 Å². The maximum absolute atomic E-state index is 12.4. The molecule has 0 atom stereocenters. The Bertz CT molecular complexity index is 525. The molecule has 1 saturated heterocycles. The van der Waals surface area contributed by atoms with E-state index in [-0.39, 0.29) is 5.91 Å². The van der Waals surface area contributed by atoms with Crippen molar-refractivity contribution in [3.63, 3.8) is 0 Å². The van der Waals surface area contributed by atoms with Crippen molar-refractivity contribution < 1.29 is 14.7 Å². The Morgan fingerprint density at radius 2 is 2.10 bits per heavy atom. The highest BCUT2D eigenvalue weighted by atomic mass is 79.9. The van der Waals surface area contributed by atoms with E-state index in [0.29, 0.717) is 42.5 Å². The molecular weight excluding hydrogens is 324 g/mol. The molecule has 0 bridgehead atoms. The molecule has 0 aliphatic carbocycles. The molecule has 1 fully saturated rings. The molecule has 5 nitrogen and oxygen atoms in total. The molecule has 0 radical (unpaired) electrons. The van der Waals surface area contributed by atoms with Crippen molar-refractivity contribution >= 4 is 27.8 Å². The first kappa shape index (κ1) is 15.0. The van der Waals surface area contributed by atoms with Crippen molar-refractivity contribution in [3.8, 4) is 0 Å². The Balaban J connectivity index is 2.07. The molecule has 1 amide bonds. The van der Waals surface area contributed by atoms with Gasteiger partial charge >= 0.3 is 5.97 Å². The van der Waals surface area contributed by atoms with Gasteiger partial charge in [-0.3, -0.25) is 9.59 Å². The number of aliphatic carboxylic acids is 1.